The lowest BCUT2D eigenvalue weighted by Crippen LogP contribution is -2.46. The zero-order chi connectivity index (χ0) is 13.9. The van der Waals surface area contributed by atoms with Crippen molar-refractivity contribution in [2.24, 2.45) is 0 Å². The van der Waals surface area contributed by atoms with Gasteiger partial charge in [0.05, 0.1) is 11.5 Å². The maximum absolute atomic E-state index is 9.64. The highest BCUT2D eigenvalue weighted by Gasteiger charge is 2.38. The first-order valence-electron chi connectivity index (χ1n) is 6.96. The quantitative estimate of drug-likeness (QED) is 0.845. The Morgan fingerprint density at radius 1 is 1.32 bits per heavy atom. The van der Waals surface area contributed by atoms with Crippen LogP contribution in [0.3, 0.4) is 0 Å². The monoisotopic (exact) mass is 256 g/mol. The van der Waals surface area contributed by atoms with Gasteiger partial charge in [-0.2, -0.15) is 5.26 Å². The zero-order valence-corrected chi connectivity index (χ0v) is 11.7. The van der Waals surface area contributed by atoms with Crippen molar-refractivity contribution in [3.8, 4) is 6.07 Å². The summed E-state index contributed by atoms with van der Waals surface area (Å²) in [5.41, 5.74) is 0.799. The second kappa shape index (κ2) is 5.77. The molecule has 0 bridgehead atoms. The van der Waals surface area contributed by atoms with E-state index >= 15 is 0 Å². The van der Waals surface area contributed by atoms with Gasteiger partial charge in [0.25, 0.3) is 0 Å². The molecule has 0 amide bonds. The van der Waals surface area contributed by atoms with Gasteiger partial charge in [0.15, 0.2) is 0 Å². The van der Waals surface area contributed by atoms with Gasteiger partial charge in [-0.3, -0.25) is 0 Å². The van der Waals surface area contributed by atoms with Crippen molar-refractivity contribution in [3.05, 3.63) is 35.9 Å². The molecule has 4 heteroatoms. The van der Waals surface area contributed by atoms with E-state index in [4.69, 9.17) is 0 Å². The molecule has 1 N–H and O–H groups in total. The van der Waals surface area contributed by atoms with Crippen LogP contribution in [-0.2, 0) is 5.41 Å². The van der Waals surface area contributed by atoms with Gasteiger partial charge in [0.2, 0.25) is 0 Å². The topological polar surface area (TPSA) is 47.3 Å². The third kappa shape index (κ3) is 2.83. The Kier molecular flexibility index (Phi) is 4.29. The van der Waals surface area contributed by atoms with E-state index in [1.165, 1.54) is 0 Å². The fourth-order valence-corrected chi connectivity index (χ4v) is 3.03. The molecular formula is C15H21BN2O. The smallest absolute Gasteiger partial charge is 0.376 e. The average Bonchev–Trinajstić information content (AvgIpc) is 2.47. The molecular weight excluding hydrogens is 235 g/mol. The Morgan fingerprint density at radius 3 is 2.37 bits per heavy atom. The number of nitrogens with zero attached hydrogens (tertiary/aromatic N) is 2. The van der Waals surface area contributed by atoms with Crippen LogP contribution >= 0.6 is 0 Å². The number of nitriles is 1. The summed E-state index contributed by atoms with van der Waals surface area (Å²) < 4.78 is 0. The van der Waals surface area contributed by atoms with Crippen LogP contribution in [0.5, 0.6) is 0 Å². The van der Waals surface area contributed by atoms with Crippen molar-refractivity contribution >= 4 is 7.05 Å². The largest absolute Gasteiger partial charge is 0.437 e. The minimum absolute atomic E-state index is 0.336. The second-order valence-corrected chi connectivity index (χ2v) is 5.59. The van der Waals surface area contributed by atoms with Crippen molar-refractivity contribution in [2.45, 2.75) is 44.0 Å². The van der Waals surface area contributed by atoms with E-state index in [-0.39, 0.29) is 5.41 Å². The normalized spacial score (nSPS) is 27.0. The predicted octanol–water partition coefficient (Wildman–Crippen LogP) is 2.43. The van der Waals surface area contributed by atoms with Gasteiger partial charge in [-0.15, -0.1) is 0 Å². The molecule has 19 heavy (non-hydrogen) atoms. The van der Waals surface area contributed by atoms with Crippen LogP contribution in [0.15, 0.2) is 30.3 Å². The molecule has 1 fully saturated rings. The van der Waals surface area contributed by atoms with Crippen molar-refractivity contribution in [3.63, 3.8) is 0 Å². The number of rotatable bonds is 3. The Labute approximate surface area is 116 Å². The SMILES string of the molecule is CB(O)N(C)C1CCC(C#N)(c2ccccc2)CC1. The zero-order valence-electron chi connectivity index (χ0n) is 11.7. The molecule has 1 aliphatic rings. The van der Waals surface area contributed by atoms with Gasteiger partial charge >= 0.3 is 7.05 Å². The molecule has 0 unspecified atom stereocenters. The lowest BCUT2D eigenvalue weighted by atomic mass is 9.67. The first-order valence-corrected chi connectivity index (χ1v) is 6.96. The Hall–Kier alpha value is -1.31. The Balaban J connectivity index is 2.11. The molecule has 0 aromatic heterocycles. The summed E-state index contributed by atoms with van der Waals surface area (Å²) in [7, 11) is 1.54. The summed E-state index contributed by atoms with van der Waals surface area (Å²) in [5.74, 6) is 0. The molecule has 0 atom stereocenters. The first kappa shape index (κ1) is 14.1. The molecule has 0 saturated heterocycles. The van der Waals surface area contributed by atoms with Gasteiger partial charge in [0, 0.05) is 6.04 Å². The molecule has 0 spiro atoms. The lowest BCUT2D eigenvalue weighted by Gasteiger charge is -2.39. The van der Waals surface area contributed by atoms with E-state index in [1.54, 1.807) is 6.82 Å². The summed E-state index contributed by atoms with van der Waals surface area (Å²) in [6, 6.07) is 13.0. The number of hydrogen-bond acceptors (Lipinski definition) is 3. The van der Waals surface area contributed by atoms with Crippen LogP contribution in [0.1, 0.15) is 31.2 Å². The van der Waals surface area contributed by atoms with Crippen molar-refractivity contribution in [1.29, 1.82) is 5.26 Å². The molecule has 0 heterocycles. The van der Waals surface area contributed by atoms with E-state index in [9.17, 15) is 10.3 Å². The molecule has 100 valence electrons. The van der Waals surface area contributed by atoms with Crippen LogP contribution in [0.25, 0.3) is 0 Å². The van der Waals surface area contributed by atoms with Crippen molar-refractivity contribution < 1.29 is 5.02 Å². The van der Waals surface area contributed by atoms with Crippen LogP contribution in [0, 0.1) is 11.3 Å². The first-order chi connectivity index (χ1) is 9.09. The predicted molar refractivity (Wildman–Crippen MR) is 77.6 cm³/mol. The Morgan fingerprint density at radius 2 is 1.89 bits per heavy atom. The summed E-state index contributed by atoms with van der Waals surface area (Å²) in [4.78, 5) is 2.01. The van der Waals surface area contributed by atoms with Crippen LogP contribution in [0.4, 0.5) is 0 Å². The minimum Gasteiger partial charge on any atom is -0.437 e. The highest BCUT2D eigenvalue weighted by molar-refractivity contribution is 6.45. The maximum Gasteiger partial charge on any atom is 0.376 e. The number of benzene rings is 1. The molecule has 3 nitrogen and oxygen atoms in total. The molecule has 1 saturated carbocycles. The molecule has 1 aromatic rings. The molecule has 0 aliphatic heterocycles. The van der Waals surface area contributed by atoms with E-state index < -0.39 is 7.05 Å². The van der Waals surface area contributed by atoms with Crippen LogP contribution in [-0.4, -0.2) is 30.0 Å². The summed E-state index contributed by atoms with van der Waals surface area (Å²) in [5, 5.41) is 19.3. The highest BCUT2D eigenvalue weighted by atomic mass is 16.2. The van der Waals surface area contributed by atoms with Gasteiger partial charge < -0.3 is 9.83 Å². The van der Waals surface area contributed by atoms with E-state index in [2.05, 4.69) is 18.2 Å². The van der Waals surface area contributed by atoms with Crippen molar-refractivity contribution in [2.75, 3.05) is 7.05 Å². The van der Waals surface area contributed by atoms with Crippen LogP contribution in [0.2, 0.25) is 6.82 Å². The second-order valence-electron chi connectivity index (χ2n) is 5.59. The van der Waals surface area contributed by atoms with E-state index in [0.29, 0.717) is 6.04 Å². The minimum atomic E-state index is -0.420. The fraction of sp³-hybridized carbons (Fsp3) is 0.533. The average molecular weight is 256 g/mol. The maximum atomic E-state index is 9.64. The Bertz CT molecular complexity index is 447. The number of hydrogen-bond donors (Lipinski definition) is 1. The van der Waals surface area contributed by atoms with Gasteiger partial charge in [-0.25, -0.2) is 0 Å². The summed E-state index contributed by atoms with van der Waals surface area (Å²) in [6.07, 6.45) is 3.66. The van der Waals surface area contributed by atoms with Crippen LogP contribution < -0.4 is 0 Å². The molecule has 1 aromatic carbocycles. The highest BCUT2D eigenvalue weighted by Crippen LogP contribution is 2.40. The summed E-state index contributed by atoms with van der Waals surface area (Å²) in [6.45, 7) is 1.79. The fourth-order valence-electron chi connectivity index (χ4n) is 3.03. The third-order valence-electron chi connectivity index (χ3n) is 4.51. The summed E-state index contributed by atoms with van der Waals surface area (Å²) >= 11 is 0. The van der Waals surface area contributed by atoms with Gasteiger partial charge in [-0.05, 0) is 45.1 Å². The van der Waals surface area contributed by atoms with Crippen molar-refractivity contribution in [1.82, 2.24) is 4.81 Å². The molecule has 1 aliphatic carbocycles. The molecule has 2 rings (SSSR count). The molecule has 0 radical (unpaired) electrons. The third-order valence-corrected chi connectivity index (χ3v) is 4.51. The van der Waals surface area contributed by atoms with E-state index in [1.807, 2.05) is 30.1 Å². The lowest BCUT2D eigenvalue weighted by molar-refractivity contribution is 0.221. The van der Waals surface area contributed by atoms with Gasteiger partial charge in [-0.1, -0.05) is 30.3 Å². The van der Waals surface area contributed by atoms with Gasteiger partial charge in [0.1, 0.15) is 0 Å². The standard InChI is InChI=1S/C15H21BN2O/c1-16(19)18(2)14-8-10-15(12-17,11-9-14)13-6-4-3-5-7-13/h3-7,14,19H,8-11H2,1-2H3. The van der Waals surface area contributed by atoms with E-state index in [0.717, 1.165) is 31.2 Å².